The van der Waals surface area contributed by atoms with Crippen LogP contribution in [0.5, 0.6) is 5.75 Å². The summed E-state index contributed by atoms with van der Waals surface area (Å²) in [7, 11) is 0. The number of rotatable bonds is 3. The van der Waals surface area contributed by atoms with Crippen molar-refractivity contribution in [3.63, 3.8) is 0 Å². The van der Waals surface area contributed by atoms with E-state index in [0.29, 0.717) is 10.6 Å². The summed E-state index contributed by atoms with van der Waals surface area (Å²) < 4.78 is 0. The molecular weight excluding hydrogens is 236 g/mol. The zero-order valence-corrected chi connectivity index (χ0v) is 9.72. The molecule has 0 saturated carbocycles. The molecule has 3 nitrogen and oxygen atoms in total. The van der Waals surface area contributed by atoms with Gasteiger partial charge in [-0.3, -0.25) is 5.43 Å². The van der Waals surface area contributed by atoms with E-state index in [1.54, 1.807) is 36.5 Å². The Bertz CT molecular complexity index is 523. The Balaban J connectivity index is 2.03. The number of phenolic OH excluding ortho intramolecular Hbond substituents is 1. The van der Waals surface area contributed by atoms with Crippen LogP contribution in [0.3, 0.4) is 0 Å². The lowest BCUT2D eigenvalue weighted by molar-refractivity contribution is 0.474. The highest BCUT2D eigenvalue weighted by Gasteiger charge is 1.94. The Labute approximate surface area is 104 Å². The molecule has 0 aliphatic rings. The monoisotopic (exact) mass is 246 g/mol. The van der Waals surface area contributed by atoms with Gasteiger partial charge in [-0.15, -0.1) is 0 Å². The first kappa shape index (κ1) is 11.5. The Hall–Kier alpha value is -2.00. The zero-order chi connectivity index (χ0) is 12.1. The first-order valence-corrected chi connectivity index (χ1v) is 5.46. The van der Waals surface area contributed by atoms with Crippen molar-refractivity contribution in [2.24, 2.45) is 5.10 Å². The molecule has 2 aromatic rings. The molecule has 0 aliphatic carbocycles. The van der Waals surface area contributed by atoms with Gasteiger partial charge in [0.25, 0.3) is 0 Å². The van der Waals surface area contributed by atoms with Gasteiger partial charge in [-0.25, -0.2) is 0 Å². The number of aromatic hydroxyl groups is 1. The predicted octanol–water partition coefficient (Wildman–Crippen LogP) is 3.49. The van der Waals surface area contributed by atoms with Gasteiger partial charge in [-0.1, -0.05) is 23.7 Å². The average Bonchev–Trinajstić information content (AvgIpc) is 2.34. The third-order valence-electron chi connectivity index (χ3n) is 2.18. The molecule has 0 radical (unpaired) electrons. The van der Waals surface area contributed by atoms with Gasteiger partial charge in [0, 0.05) is 10.6 Å². The summed E-state index contributed by atoms with van der Waals surface area (Å²) in [6, 6.07) is 14.2. The van der Waals surface area contributed by atoms with Gasteiger partial charge in [-0.2, -0.15) is 5.10 Å². The first-order valence-electron chi connectivity index (χ1n) is 5.08. The van der Waals surface area contributed by atoms with Crippen molar-refractivity contribution in [3.05, 3.63) is 59.1 Å². The molecule has 0 aliphatic heterocycles. The topological polar surface area (TPSA) is 44.6 Å². The van der Waals surface area contributed by atoms with Gasteiger partial charge in [0.1, 0.15) is 5.75 Å². The highest BCUT2D eigenvalue weighted by molar-refractivity contribution is 6.30. The molecule has 4 heteroatoms. The number of nitrogens with zero attached hydrogens (tertiary/aromatic N) is 1. The summed E-state index contributed by atoms with van der Waals surface area (Å²) >= 11 is 5.76. The number of para-hydroxylation sites is 1. The van der Waals surface area contributed by atoms with E-state index in [1.165, 1.54) is 0 Å². The number of nitrogens with one attached hydrogen (secondary N) is 1. The smallest absolute Gasteiger partial charge is 0.124 e. The maximum absolute atomic E-state index is 9.51. The third kappa shape index (κ3) is 3.23. The van der Waals surface area contributed by atoms with Crippen LogP contribution in [0, 0.1) is 0 Å². The fraction of sp³-hybridized carbons (Fsp3) is 0. The first-order chi connectivity index (χ1) is 8.25. The third-order valence-corrected chi connectivity index (χ3v) is 2.43. The number of phenols is 1. The summed E-state index contributed by atoms with van der Waals surface area (Å²) in [6.07, 6.45) is 1.56. The number of hydrazone groups is 1. The van der Waals surface area contributed by atoms with Gasteiger partial charge in [0.2, 0.25) is 0 Å². The number of hydrogen-bond donors (Lipinski definition) is 2. The molecule has 0 unspecified atom stereocenters. The maximum Gasteiger partial charge on any atom is 0.124 e. The Kier molecular flexibility index (Phi) is 3.62. The summed E-state index contributed by atoms with van der Waals surface area (Å²) in [5.74, 6) is 0.203. The quantitative estimate of drug-likeness (QED) is 0.643. The lowest BCUT2D eigenvalue weighted by Crippen LogP contribution is -1.90. The van der Waals surface area contributed by atoms with Crippen LogP contribution in [0.4, 0.5) is 5.69 Å². The second kappa shape index (κ2) is 5.37. The van der Waals surface area contributed by atoms with Gasteiger partial charge < -0.3 is 5.11 Å². The minimum atomic E-state index is 0.203. The minimum absolute atomic E-state index is 0.203. The Morgan fingerprint density at radius 1 is 1.06 bits per heavy atom. The largest absolute Gasteiger partial charge is 0.507 e. The van der Waals surface area contributed by atoms with Crippen molar-refractivity contribution in [2.75, 3.05) is 5.43 Å². The van der Waals surface area contributed by atoms with Crippen molar-refractivity contribution >= 4 is 23.5 Å². The molecular formula is C13H11ClN2O. The molecule has 0 aromatic heterocycles. The van der Waals surface area contributed by atoms with Gasteiger partial charge in [0.15, 0.2) is 0 Å². The molecule has 0 fully saturated rings. The van der Waals surface area contributed by atoms with Gasteiger partial charge in [0.05, 0.1) is 11.9 Å². The average molecular weight is 247 g/mol. The van der Waals surface area contributed by atoms with Crippen LogP contribution in [0.2, 0.25) is 5.02 Å². The van der Waals surface area contributed by atoms with E-state index in [2.05, 4.69) is 10.5 Å². The molecule has 86 valence electrons. The molecule has 17 heavy (non-hydrogen) atoms. The van der Waals surface area contributed by atoms with E-state index >= 15 is 0 Å². The molecule has 0 heterocycles. The highest BCUT2D eigenvalue weighted by atomic mass is 35.5. The molecule has 2 rings (SSSR count). The molecule has 2 N–H and O–H groups in total. The van der Waals surface area contributed by atoms with E-state index in [4.69, 9.17) is 11.6 Å². The van der Waals surface area contributed by atoms with Crippen molar-refractivity contribution in [3.8, 4) is 5.75 Å². The fourth-order valence-electron chi connectivity index (χ4n) is 1.30. The van der Waals surface area contributed by atoms with Crippen LogP contribution in [-0.2, 0) is 0 Å². The normalized spacial score (nSPS) is 10.6. The number of hydrogen-bond acceptors (Lipinski definition) is 3. The lowest BCUT2D eigenvalue weighted by atomic mass is 10.2. The Morgan fingerprint density at radius 3 is 2.47 bits per heavy atom. The van der Waals surface area contributed by atoms with Crippen LogP contribution in [0.25, 0.3) is 0 Å². The van der Waals surface area contributed by atoms with Crippen molar-refractivity contribution in [1.29, 1.82) is 0 Å². The van der Waals surface area contributed by atoms with E-state index < -0.39 is 0 Å². The summed E-state index contributed by atoms with van der Waals surface area (Å²) in [5.41, 5.74) is 4.34. The van der Waals surface area contributed by atoms with Crippen molar-refractivity contribution in [2.45, 2.75) is 0 Å². The lowest BCUT2D eigenvalue weighted by Gasteiger charge is -2.00. The number of halogens is 1. The molecule has 2 aromatic carbocycles. The van der Waals surface area contributed by atoms with Gasteiger partial charge >= 0.3 is 0 Å². The van der Waals surface area contributed by atoms with Crippen LogP contribution in [0.15, 0.2) is 53.6 Å². The molecule has 0 amide bonds. The second-order valence-corrected chi connectivity index (χ2v) is 3.87. The number of anilines is 1. The Morgan fingerprint density at radius 2 is 1.76 bits per heavy atom. The second-order valence-electron chi connectivity index (χ2n) is 3.44. The van der Waals surface area contributed by atoms with Crippen LogP contribution in [0.1, 0.15) is 5.56 Å². The van der Waals surface area contributed by atoms with Crippen LogP contribution >= 0.6 is 11.6 Å². The van der Waals surface area contributed by atoms with E-state index in [1.807, 2.05) is 18.2 Å². The fourth-order valence-corrected chi connectivity index (χ4v) is 1.42. The molecule has 0 atom stereocenters. The predicted molar refractivity (Wildman–Crippen MR) is 70.8 cm³/mol. The standard InChI is InChI=1S/C13H11ClN2O/c14-11-5-7-12(8-6-11)16-15-9-10-3-1-2-4-13(10)17/h1-9,16-17H. The molecule has 0 saturated heterocycles. The van der Waals surface area contributed by atoms with Crippen LogP contribution in [-0.4, -0.2) is 11.3 Å². The minimum Gasteiger partial charge on any atom is -0.507 e. The van der Waals surface area contributed by atoms with Crippen molar-refractivity contribution < 1.29 is 5.11 Å². The highest BCUT2D eigenvalue weighted by Crippen LogP contribution is 2.14. The maximum atomic E-state index is 9.51. The molecule has 0 spiro atoms. The molecule has 0 bridgehead atoms. The SMILES string of the molecule is Oc1ccccc1C=NNc1ccc(Cl)cc1. The summed E-state index contributed by atoms with van der Waals surface area (Å²) in [6.45, 7) is 0. The van der Waals surface area contributed by atoms with Gasteiger partial charge in [-0.05, 0) is 36.4 Å². The van der Waals surface area contributed by atoms with Crippen molar-refractivity contribution in [1.82, 2.24) is 0 Å². The van der Waals surface area contributed by atoms with E-state index in [9.17, 15) is 5.11 Å². The number of benzene rings is 2. The summed E-state index contributed by atoms with van der Waals surface area (Å²) in [5, 5.41) is 14.2. The van der Waals surface area contributed by atoms with E-state index in [0.717, 1.165) is 5.69 Å². The zero-order valence-electron chi connectivity index (χ0n) is 8.97. The van der Waals surface area contributed by atoms with Crippen LogP contribution < -0.4 is 5.43 Å². The summed E-state index contributed by atoms with van der Waals surface area (Å²) in [4.78, 5) is 0. The van der Waals surface area contributed by atoms with E-state index in [-0.39, 0.29) is 5.75 Å².